The molecule has 2 aromatic carbocycles. The quantitative estimate of drug-likeness (QED) is 0.526. The minimum absolute atomic E-state index is 0.0557. The Morgan fingerprint density at radius 1 is 1.06 bits per heavy atom. The van der Waals surface area contributed by atoms with Crippen LogP contribution >= 0.6 is 0 Å². The van der Waals surface area contributed by atoms with Gasteiger partial charge in [-0.3, -0.25) is 10.2 Å². The molecule has 5 heteroatoms. The molecule has 0 atom stereocenters. The Bertz CT molecular complexity index is 1040. The van der Waals surface area contributed by atoms with E-state index in [1.165, 1.54) is 0 Å². The number of hydrogen-bond acceptors (Lipinski definition) is 4. The molecule has 0 spiro atoms. The molecule has 178 valence electrons. The number of ketones is 1. The van der Waals surface area contributed by atoms with Crippen molar-refractivity contribution in [2.24, 2.45) is 5.92 Å². The van der Waals surface area contributed by atoms with E-state index in [1.807, 2.05) is 71.9 Å². The summed E-state index contributed by atoms with van der Waals surface area (Å²) in [5, 5.41) is 19.6. The SMILES string of the molecule is CC(C)COc1ccc2c(c1)C(=N)N(CC(=O)c1cc(C(C)(C)C)c(O)c(C(C)(C)C)c1)C2. The van der Waals surface area contributed by atoms with Gasteiger partial charge in [-0.1, -0.05) is 61.5 Å². The van der Waals surface area contributed by atoms with Gasteiger partial charge < -0.3 is 14.7 Å². The summed E-state index contributed by atoms with van der Waals surface area (Å²) in [5.41, 5.74) is 3.36. The first-order chi connectivity index (χ1) is 15.2. The Morgan fingerprint density at radius 3 is 2.15 bits per heavy atom. The molecule has 0 aliphatic carbocycles. The second kappa shape index (κ2) is 8.85. The van der Waals surface area contributed by atoms with Gasteiger partial charge >= 0.3 is 0 Å². The van der Waals surface area contributed by atoms with E-state index in [-0.39, 0.29) is 28.9 Å². The van der Waals surface area contributed by atoms with Crippen LogP contribution in [0.1, 0.15) is 88.0 Å². The van der Waals surface area contributed by atoms with Crippen LogP contribution in [-0.2, 0) is 17.4 Å². The van der Waals surface area contributed by atoms with Crippen molar-refractivity contribution in [3.8, 4) is 11.5 Å². The summed E-state index contributed by atoms with van der Waals surface area (Å²) in [6.07, 6.45) is 0. The first kappa shape index (κ1) is 24.8. The topological polar surface area (TPSA) is 73.6 Å². The lowest BCUT2D eigenvalue weighted by Crippen LogP contribution is -2.30. The highest BCUT2D eigenvalue weighted by Crippen LogP contribution is 2.40. The van der Waals surface area contributed by atoms with Gasteiger partial charge in [0, 0.05) is 28.8 Å². The van der Waals surface area contributed by atoms with Gasteiger partial charge in [0.25, 0.3) is 0 Å². The zero-order chi connectivity index (χ0) is 24.7. The van der Waals surface area contributed by atoms with Gasteiger partial charge in [-0.15, -0.1) is 0 Å². The zero-order valence-electron chi connectivity index (χ0n) is 21.3. The molecule has 1 heterocycles. The fourth-order valence-corrected chi connectivity index (χ4v) is 4.06. The maximum atomic E-state index is 13.4. The van der Waals surface area contributed by atoms with Crippen LogP contribution in [0.25, 0.3) is 0 Å². The van der Waals surface area contributed by atoms with E-state index >= 15 is 0 Å². The van der Waals surface area contributed by atoms with Gasteiger partial charge in [-0.2, -0.15) is 0 Å². The van der Waals surface area contributed by atoms with E-state index in [0.717, 1.165) is 28.0 Å². The molecule has 1 aliphatic rings. The number of carbonyl (C=O) groups excluding carboxylic acids is 1. The van der Waals surface area contributed by atoms with Crippen molar-refractivity contribution in [2.75, 3.05) is 13.2 Å². The number of carbonyl (C=O) groups is 1. The van der Waals surface area contributed by atoms with Crippen LogP contribution in [0, 0.1) is 11.3 Å². The van der Waals surface area contributed by atoms with Crippen molar-refractivity contribution in [1.82, 2.24) is 4.90 Å². The lowest BCUT2D eigenvalue weighted by Gasteiger charge is -2.28. The molecule has 3 rings (SSSR count). The summed E-state index contributed by atoms with van der Waals surface area (Å²) in [5.74, 6) is 1.73. The molecule has 0 amide bonds. The van der Waals surface area contributed by atoms with Crippen LogP contribution in [0.2, 0.25) is 0 Å². The average molecular weight is 451 g/mol. The summed E-state index contributed by atoms with van der Waals surface area (Å²) >= 11 is 0. The largest absolute Gasteiger partial charge is 0.507 e. The molecule has 0 aromatic heterocycles. The summed E-state index contributed by atoms with van der Waals surface area (Å²) in [6, 6.07) is 9.46. The second-order valence-corrected chi connectivity index (χ2v) is 11.6. The minimum Gasteiger partial charge on any atom is -0.507 e. The maximum absolute atomic E-state index is 13.4. The second-order valence-electron chi connectivity index (χ2n) is 11.6. The lowest BCUT2D eigenvalue weighted by atomic mass is 9.78. The van der Waals surface area contributed by atoms with Crippen molar-refractivity contribution in [1.29, 1.82) is 5.41 Å². The number of fused-ring (bicyclic) bond motifs is 1. The number of Topliss-reactive ketones (excluding diaryl/α,β-unsaturated/α-hetero) is 1. The normalized spacial score (nSPS) is 14.1. The number of rotatable bonds is 6. The van der Waals surface area contributed by atoms with Gasteiger partial charge in [-0.25, -0.2) is 0 Å². The van der Waals surface area contributed by atoms with E-state index in [4.69, 9.17) is 10.1 Å². The van der Waals surface area contributed by atoms with E-state index < -0.39 is 0 Å². The summed E-state index contributed by atoms with van der Waals surface area (Å²) < 4.78 is 5.82. The van der Waals surface area contributed by atoms with Crippen molar-refractivity contribution in [3.05, 3.63) is 58.1 Å². The number of nitrogens with zero attached hydrogens (tertiary/aromatic N) is 1. The molecule has 0 saturated heterocycles. The van der Waals surface area contributed by atoms with E-state index in [2.05, 4.69) is 13.8 Å². The molecular formula is C28H38N2O3. The van der Waals surface area contributed by atoms with Gasteiger partial charge in [0.15, 0.2) is 5.78 Å². The van der Waals surface area contributed by atoms with Crippen molar-refractivity contribution >= 4 is 11.6 Å². The molecule has 1 aliphatic heterocycles. The molecule has 0 fully saturated rings. The van der Waals surface area contributed by atoms with Crippen LogP contribution in [0.5, 0.6) is 11.5 Å². The molecular weight excluding hydrogens is 412 g/mol. The standard InChI is InChI=1S/C28H38N2O3/c1-17(2)16-33-20-10-9-18-14-30(26(29)21(18)13-20)15-24(31)19-11-22(27(3,4)5)25(32)23(12-19)28(6,7)8/h9-13,17,29,32H,14-16H2,1-8H3. The first-order valence-corrected chi connectivity index (χ1v) is 11.7. The molecule has 0 bridgehead atoms. The fourth-order valence-electron chi connectivity index (χ4n) is 4.06. The molecule has 2 N–H and O–H groups in total. The smallest absolute Gasteiger partial charge is 0.182 e. The Hall–Kier alpha value is -2.82. The number of benzene rings is 2. The maximum Gasteiger partial charge on any atom is 0.182 e. The van der Waals surface area contributed by atoms with Crippen LogP contribution in [0.4, 0.5) is 0 Å². The minimum atomic E-state index is -0.302. The van der Waals surface area contributed by atoms with Gasteiger partial charge in [0.1, 0.15) is 17.3 Å². The fraction of sp³-hybridized carbons (Fsp3) is 0.500. The Balaban J connectivity index is 1.86. The van der Waals surface area contributed by atoms with Crippen molar-refractivity contribution < 1.29 is 14.6 Å². The summed E-state index contributed by atoms with van der Waals surface area (Å²) in [4.78, 5) is 15.2. The van der Waals surface area contributed by atoms with Crippen LogP contribution in [0.3, 0.4) is 0 Å². The third kappa shape index (κ3) is 5.40. The van der Waals surface area contributed by atoms with Crippen LogP contribution in [0.15, 0.2) is 30.3 Å². The Kier molecular flexibility index (Phi) is 6.65. The first-order valence-electron chi connectivity index (χ1n) is 11.7. The number of aromatic hydroxyl groups is 1. The molecule has 0 radical (unpaired) electrons. The molecule has 5 nitrogen and oxygen atoms in total. The van der Waals surface area contributed by atoms with E-state index in [0.29, 0.717) is 30.5 Å². The third-order valence-corrected chi connectivity index (χ3v) is 5.98. The number of ether oxygens (including phenoxy) is 1. The van der Waals surface area contributed by atoms with Gasteiger partial charge in [0.2, 0.25) is 0 Å². The monoisotopic (exact) mass is 450 g/mol. The van der Waals surface area contributed by atoms with Gasteiger partial charge in [-0.05, 0) is 46.6 Å². The van der Waals surface area contributed by atoms with Crippen LogP contribution in [-0.4, -0.2) is 34.8 Å². The Morgan fingerprint density at radius 2 is 1.64 bits per heavy atom. The number of amidine groups is 1. The molecule has 2 aromatic rings. The Labute approximate surface area is 198 Å². The predicted molar refractivity (Wildman–Crippen MR) is 134 cm³/mol. The molecule has 0 unspecified atom stereocenters. The summed E-state index contributed by atoms with van der Waals surface area (Å²) in [7, 11) is 0. The van der Waals surface area contributed by atoms with E-state index in [1.54, 1.807) is 4.90 Å². The van der Waals surface area contributed by atoms with Crippen LogP contribution < -0.4 is 4.74 Å². The number of phenols is 1. The molecule has 33 heavy (non-hydrogen) atoms. The van der Waals surface area contributed by atoms with E-state index in [9.17, 15) is 9.90 Å². The third-order valence-electron chi connectivity index (χ3n) is 5.98. The highest BCUT2D eigenvalue weighted by molar-refractivity contribution is 6.05. The highest BCUT2D eigenvalue weighted by atomic mass is 16.5. The van der Waals surface area contributed by atoms with Crippen molar-refractivity contribution in [3.63, 3.8) is 0 Å². The average Bonchev–Trinajstić information content (AvgIpc) is 2.99. The number of hydrogen-bond donors (Lipinski definition) is 2. The highest BCUT2D eigenvalue weighted by Gasteiger charge is 2.30. The number of nitrogens with one attached hydrogen (secondary N) is 1. The van der Waals surface area contributed by atoms with Gasteiger partial charge in [0.05, 0.1) is 13.2 Å². The summed E-state index contributed by atoms with van der Waals surface area (Å²) in [6.45, 7) is 17.7. The van der Waals surface area contributed by atoms with Crippen molar-refractivity contribution in [2.45, 2.75) is 72.8 Å². The molecule has 0 saturated carbocycles. The predicted octanol–water partition coefficient (Wildman–Crippen LogP) is 6.05. The zero-order valence-corrected chi connectivity index (χ0v) is 21.3. The lowest BCUT2D eigenvalue weighted by molar-refractivity contribution is 0.0962. The number of phenolic OH excluding ortho intramolecular Hbond substituents is 1.